The van der Waals surface area contributed by atoms with Gasteiger partial charge in [0.1, 0.15) is 5.75 Å². The normalized spacial score (nSPS) is 11.2. The molecular formula is C16H27NO. The van der Waals surface area contributed by atoms with Crippen LogP contribution in [0.25, 0.3) is 0 Å². The molecule has 0 heterocycles. The largest absolute Gasteiger partial charge is 0.497 e. The van der Waals surface area contributed by atoms with E-state index in [1.807, 2.05) is 12.1 Å². The van der Waals surface area contributed by atoms with Gasteiger partial charge in [-0.2, -0.15) is 0 Å². The van der Waals surface area contributed by atoms with Crippen molar-refractivity contribution in [2.45, 2.75) is 40.2 Å². The molecule has 0 aromatic heterocycles. The quantitative estimate of drug-likeness (QED) is 0.691. The van der Waals surface area contributed by atoms with Gasteiger partial charge >= 0.3 is 0 Å². The molecule has 1 rings (SSSR count). The minimum atomic E-state index is 0.778. The van der Waals surface area contributed by atoms with Crippen molar-refractivity contribution in [3.63, 3.8) is 0 Å². The molecule has 1 aromatic carbocycles. The molecule has 18 heavy (non-hydrogen) atoms. The second kappa shape index (κ2) is 8.15. The molecule has 0 fully saturated rings. The maximum atomic E-state index is 5.19. The Morgan fingerprint density at radius 1 is 1.11 bits per heavy atom. The number of hydrogen-bond donors (Lipinski definition) is 0. The summed E-state index contributed by atoms with van der Waals surface area (Å²) in [6, 6.07) is 8.41. The fourth-order valence-electron chi connectivity index (χ4n) is 2.02. The highest BCUT2D eigenvalue weighted by atomic mass is 16.5. The molecule has 2 heteroatoms. The summed E-state index contributed by atoms with van der Waals surface area (Å²) in [5.41, 5.74) is 1.37. The molecule has 0 bridgehead atoms. The first kappa shape index (κ1) is 15.0. The van der Waals surface area contributed by atoms with Crippen molar-refractivity contribution in [3.05, 3.63) is 29.8 Å². The number of benzene rings is 1. The number of ether oxygens (including phenoxy) is 1. The Balaban J connectivity index is 2.52. The summed E-state index contributed by atoms with van der Waals surface area (Å²) in [7, 11) is 1.71. The Morgan fingerprint density at radius 3 is 2.28 bits per heavy atom. The van der Waals surface area contributed by atoms with Crippen molar-refractivity contribution in [1.29, 1.82) is 0 Å². The van der Waals surface area contributed by atoms with Gasteiger partial charge in [-0.15, -0.1) is 0 Å². The van der Waals surface area contributed by atoms with E-state index in [9.17, 15) is 0 Å². The molecule has 0 unspecified atom stereocenters. The average Bonchev–Trinajstić information content (AvgIpc) is 2.37. The monoisotopic (exact) mass is 249 g/mol. The molecule has 0 radical (unpaired) electrons. The summed E-state index contributed by atoms with van der Waals surface area (Å²) in [6.45, 7) is 10.2. The first-order chi connectivity index (χ1) is 8.65. The first-order valence-electron chi connectivity index (χ1n) is 7.01. The van der Waals surface area contributed by atoms with Gasteiger partial charge in [0.25, 0.3) is 0 Å². The lowest BCUT2D eigenvalue weighted by molar-refractivity contribution is 0.250. The highest BCUT2D eigenvalue weighted by Gasteiger charge is 2.06. The van der Waals surface area contributed by atoms with Crippen molar-refractivity contribution in [2.75, 3.05) is 20.2 Å². The van der Waals surface area contributed by atoms with Crippen molar-refractivity contribution in [3.8, 4) is 5.75 Å². The second-order valence-electron chi connectivity index (χ2n) is 5.31. The highest BCUT2D eigenvalue weighted by molar-refractivity contribution is 5.27. The maximum Gasteiger partial charge on any atom is 0.118 e. The molecular weight excluding hydrogens is 222 g/mol. The molecule has 0 atom stereocenters. The molecule has 0 aliphatic heterocycles. The minimum absolute atomic E-state index is 0.778. The van der Waals surface area contributed by atoms with Crippen LogP contribution in [0.15, 0.2) is 24.3 Å². The number of hydrogen-bond acceptors (Lipinski definition) is 2. The molecule has 0 saturated carbocycles. The zero-order chi connectivity index (χ0) is 13.4. The Morgan fingerprint density at radius 2 is 1.78 bits per heavy atom. The van der Waals surface area contributed by atoms with Crippen LogP contribution < -0.4 is 4.74 Å². The van der Waals surface area contributed by atoms with Crippen molar-refractivity contribution in [2.24, 2.45) is 5.92 Å². The van der Waals surface area contributed by atoms with Gasteiger partial charge in [0, 0.05) is 6.54 Å². The smallest absolute Gasteiger partial charge is 0.118 e. The van der Waals surface area contributed by atoms with Crippen LogP contribution in [0.1, 0.15) is 39.2 Å². The van der Waals surface area contributed by atoms with Crippen molar-refractivity contribution >= 4 is 0 Å². The fourth-order valence-corrected chi connectivity index (χ4v) is 2.02. The van der Waals surface area contributed by atoms with Crippen molar-refractivity contribution in [1.82, 2.24) is 4.90 Å². The van der Waals surface area contributed by atoms with Crippen LogP contribution in [-0.2, 0) is 6.54 Å². The van der Waals surface area contributed by atoms with E-state index in [0.717, 1.165) is 18.2 Å². The average molecular weight is 249 g/mol. The minimum Gasteiger partial charge on any atom is -0.497 e. The predicted molar refractivity (Wildman–Crippen MR) is 78.0 cm³/mol. The molecule has 102 valence electrons. The Hall–Kier alpha value is -1.02. The molecule has 0 amide bonds. The van der Waals surface area contributed by atoms with Crippen LogP contribution >= 0.6 is 0 Å². The van der Waals surface area contributed by atoms with E-state index in [1.54, 1.807) is 7.11 Å². The van der Waals surface area contributed by atoms with Gasteiger partial charge in [-0.1, -0.05) is 32.9 Å². The third-order valence-corrected chi connectivity index (χ3v) is 3.13. The summed E-state index contributed by atoms with van der Waals surface area (Å²) in [5, 5.41) is 0. The lowest BCUT2D eigenvalue weighted by Gasteiger charge is -2.22. The Labute approximate surface area is 112 Å². The van der Waals surface area contributed by atoms with Crippen molar-refractivity contribution < 1.29 is 4.74 Å². The van der Waals surface area contributed by atoms with Crippen LogP contribution in [0.2, 0.25) is 0 Å². The standard InChI is InChI=1S/C16H27NO/c1-5-11-17(12-10-14(2)3)13-15-6-8-16(18-4)9-7-15/h6-9,14H,5,10-13H2,1-4H3. The molecule has 2 nitrogen and oxygen atoms in total. The molecule has 0 N–H and O–H groups in total. The summed E-state index contributed by atoms with van der Waals surface area (Å²) in [6.07, 6.45) is 2.49. The van der Waals surface area contributed by atoms with Gasteiger partial charge in [-0.05, 0) is 49.5 Å². The lowest BCUT2D eigenvalue weighted by atomic mass is 10.1. The van der Waals surface area contributed by atoms with Gasteiger partial charge in [0.05, 0.1) is 7.11 Å². The van der Waals surface area contributed by atoms with E-state index >= 15 is 0 Å². The summed E-state index contributed by atoms with van der Waals surface area (Å²) in [4.78, 5) is 2.54. The topological polar surface area (TPSA) is 12.5 Å². The van der Waals surface area contributed by atoms with Gasteiger partial charge in [0.15, 0.2) is 0 Å². The van der Waals surface area contributed by atoms with Crippen LogP contribution in [0.4, 0.5) is 0 Å². The Bertz CT molecular complexity index is 318. The van der Waals surface area contributed by atoms with E-state index in [2.05, 4.69) is 37.8 Å². The highest BCUT2D eigenvalue weighted by Crippen LogP contribution is 2.14. The zero-order valence-electron chi connectivity index (χ0n) is 12.3. The summed E-state index contributed by atoms with van der Waals surface area (Å²) < 4.78 is 5.19. The first-order valence-corrected chi connectivity index (χ1v) is 7.01. The van der Waals surface area contributed by atoms with Gasteiger partial charge in [0.2, 0.25) is 0 Å². The Kier molecular flexibility index (Phi) is 6.81. The fraction of sp³-hybridized carbons (Fsp3) is 0.625. The second-order valence-corrected chi connectivity index (χ2v) is 5.31. The maximum absolute atomic E-state index is 5.19. The van der Waals surface area contributed by atoms with Crippen LogP contribution in [0.5, 0.6) is 5.75 Å². The van der Waals surface area contributed by atoms with E-state index in [1.165, 1.54) is 31.5 Å². The summed E-state index contributed by atoms with van der Waals surface area (Å²) in [5.74, 6) is 1.71. The van der Waals surface area contributed by atoms with Gasteiger partial charge < -0.3 is 4.74 Å². The molecule has 0 aliphatic carbocycles. The van der Waals surface area contributed by atoms with E-state index < -0.39 is 0 Å². The van der Waals surface area contributed by atoms with Crippen LogP contribution in [0, 0.1) is 5.92 Å². The van der Waals surface area contributed by atoms with Gasteiger partial charge in [-0.3, -0.25) is 4.90 Å². The lowest BCUT2D eigenvalue weighted by Crippen LogP contribution is -2.26. The molecule has 0 saturated heterocycles. The number of methoxy groups -OCH3 is 1. The van der Waals surface area contributed by atoms with E-state index in [4.69, 9.17) is 4.74 Å². The SMILES string of the molecule is CCCN(CCC(C)C)Cc1ccc(OC)cc1. The van der Waals surface area contributed by atoms with Crippen LogP contribution in [0.3, 0.4) is 0 Å². The molecule has 1 aromatic rings. The number of nitrogens with zero attached hydrogens (tertiary/aromatic N) is 1. The van der Waals surface area contributed by atoms with E-state index in [0.29, 0.717) is 0 Å². The molecule has 0 spiro atoms. The number of rotatable bonds is 8. The zero-order valence-corrected chi connectivity index (χ0v) is 12.3. The van der Waals surface area contributed by atoms with Gasteiger partial charge in [-0.25, -0.2) is 0 Å². The predicted octanol–water partition coefficient (Wildman–Crippen LogP) is 3.95. The van der Waals surface area contributed by atoms with E-state index in [-0.39, 0.29) is 0 Å². The molecule has 0 aliphatic rings. The third kappa shape index (κ3) is 5.54. The van der Waals surface area contributed by atoms with Crippen LogP contribution in [-0.4, -0.2) is 25.1 Å². The third-order valence-electron chi connectivity index (χ3n) is 3.13. The summed E-state index contributed by atoms with van der Waals surface area (Å²) >= 11 is 0.